The summed E-state index contributed by atoms with van der Waals surface area (Å²) in [7, 11) is -3.01. The van der Waals surface area contributed by atoms with E-state index in [4.69, 9.17) is 0 Å². The van der Waals surface area contributed by atoms with Gasteiger partial charge in [0, 0.05) is 12.4 Å². The Balaban J connectivity index is 2.32. The van der Waals surface area contributed by atoms with E-state index >= 15 is 0 Å². The summed E-state index contributed by atoms with van der Waals surface area (Å²) >= 11 is 4.07. The lowest BCUT2D eigenvalue weighted by Gasteiger charge is -2.17. The molecule has 1 aromatic rings. The summed E-state index contributed by atoms with van der Waals surface area (Å²) in [4.78, 5) is 0.522. The molecule has 1 N–H and O–H groups in total. The maximum Gasteiger partial charge on any atom is 0.178 e. The van der Waals surface area contributed by atoms with Crippen LogP contribution in [0.2, 0.25) is 0 Å². The van der Waals surface area contributed by atoms with E-state index in [-0.39, 0.29) is 5.75 Å². The Kier molecular flexibility index (Phi) is 3.56. The molecule has 0 aliphatic carbocycles. The number of fused-ring (bicyclic) bond motifs is 1. The molecular formula is C11H15NO2S2. The zero-order valence-electron chi connectivity index (χ0n) is 8.94. The minimum atomic E-state index is -3.01. The molecule has 1 aliphatic rings. The first-order valence-corrected chi connectivity index (χ1v) is 7.58. The van der Waals surface area contributed by atoms with Crippen molar-refractivity contribution in [3.63, 3.8) is 0 Å². The van der Waals surface area contributed by atoms with Crippen molar-refractivity contribution in [3.8, 4) is 0 Å². The van der Waals surface area contributed by atoms with Crippen LogP contribution in [-0.2, 0) is 22.8 Å². The number of hydrogen-bond acceptors (Lipinski definition) is 4. The number of thiol groups is 1. The molecule has 1 heterocycles. The van der Waals surface area contributed by atoms with Crippen LogP contribution in [0.25, 0.3) is 0 Å². The molecule has 2 rings (SSSR count). The first-order valence-electron chi connectivity index (χ1n) is 5.29. The van der Waals surface area contributed by atoms with Gasteiger partial charge in [-0.05, 0) is 30.0 Å². The number of sulfone groups is 1. The third kappa shape index (κ3) is 2.42. The zero-order chi connectivity index (χ0) is 11.6. The van der Waals surface area contributed by atoms with Crippen LogP contribution in [0.15, 0.2) is 23.1 Å². The largest absolute Gasteiger partial charge is 0.304 e. The monoisotopic (exact) mass is 257 g/mol. The van der Waals surface area contributed by atoms with Crippen LogP contribution < -0.4 is 5.32 Å². The van der Waals surface area contributed by atoms with Gasteiger partial charge in [0.2, 0.25) is 0 Å². The zero-order valence-corrected chi connectivity index (χ0v) is 10.7. The molecule has 0 spiro atoms. The number of hydrogen-bond donors (Lipinski definition) is 2. The lowest BCUT2D eigenvalue weighted by molar-refractivity contribution is 0.586. The van der Waals surface area contributed by atoms with E-state index in [1.807, 2.05) is 12.1 Å². The van der Waals surface area contributed by atoms with E-state index in [0.717, 1.165) is 30.5 Å². The van der Waals surface area contributed by atoms with Crippen molar-refractivity contribution in [3.05, 3.63) is 29.3 Å². The molecular weight excluding hydrogens is 242 g/mol. The van der Waals surface area contributed by atoms with Crippen molar-refractivity contribution >= 4 is 22.5 Å². The summed E-state index contributed by atoms with van der Waals surface area (Å²) in [6.07, 6.45) is 1.60. The number of rotatable bonds is 3. The third-order valence-electron chi connectivity index (χ3n) is 2.76. The molecule has 3 nitrogen and oxygen atoms in total. The number of nitrogens with one attached hydrogen (secondary N) is 1. The van der Waals surface area contributed by atoms with E-state index in [9.17, 15) is 8.42 Å². The highest BCUT2D eigenvalue weighted by molar-refractivity contribution is 7.91. The van der Waals surface area contributed by atoms with Gasteiger partial charge in [0.15, 0.2) is 9.84 Å². The smallest absolute Gasteiger partial charge is 0.178 e. The van der Waals surface area contributed by atoms with Crippen LogP contribution in [0.1, 0.15) is 17.5 Å². The van der Waals surface area contributed by atoms with Crippen LogP contribution in [0.4, 0.5) is 0 Å². The molecule has 0 saturated carbocycles. The van der Waals surface area contributed by atoms with Gasteiger partial charge >= 0.3 is 0 Å². The number of aryl methyl sites for hydroxylation is 1. The highest BCUT2D eigenvalue weighted by atomic mass is 32.2. The molecule has 88 valence electrons. The second-order valence-electron chi connectivity index (χ2n) is 3.95. The first-order chi connectivity index (χ1) is 7.63. The van der Waals surface area contributed by atoms with Crippen LogP contribution in [0.3, 0.4) is 0 Å². The summed E-state index contributed by atoms with van der Waals surface area (Å²) in [5.74, 6) is 0.906. The lowest BCUT2D eigenvalue weighted by atomic mass is 10.1. The minimum absolute atomic E-state index is 0.286. The van der Waals surface area contributed by atoms with Gasteiger partial charge in [-0.25, -0.2) is 8.42 Å². The fraction of sp³-hybridized carbons (Fsp3) is 0.455. The fourth-order valence-electron chi connectivity index (χ4n) is 2.00. The highest BCUT2D eigenvalue weighted by Crippen LogP contribution is 2.25. The van der Waals surface area contributed by atoms with Gasteiger partial charge in [0.25, 0.3) is 0 Å². The second kappa shape index (κ2) is 4.77. The van der Waals surface area contributed by atoms with Gasteiger partial charge in [-0.1, -0.05) is 12.1 Å². The van der Waals surface area contributed by atoms with E-state index in [1.54, 1.807) is 6.07 Å². The standard InChI is InChI=1S/C11H15NO2S2/c13-16(14)5-1-2-10-6-9(7-12-8-15)3-4-11(10)16/h3-4,6,12,15H,1-2,5,7-8H2. The molecule has 1 aromatic carbocycles. The van der Waals surface area contributed by atoms with Gasteiger partial charge in [-0.2, -0.15) is 12.6 Å². The van der Waals surface area contributed by atoms with Gasteiger partial charge in [-0.3, -0.25) is 0 Å². The first kappa shape index (κ1) is 12.0. The van der Waals surface area contributed by atoms with Crippen molar-refractivity contribution < 1.29 is 8.42 Å². The quantitative estimate of drug-likeness (QED) is 0.635. The molecule has 0 fully saturated rings. The Labute approximate surface area is 102 Å². The normalized spacial score (nSPS) is 18.1. The highest BCUT2D eigenvalue weighted by Gasteiger charge is 2.23. The van der Waals surface area contributed by atoms with Crippen molar-refractivity contribution in [1.29, 1.82) is 0 Å². The second-order valence-corrected chi connectivity index (χ2v) is 6.34. The van der Waals surface area contributed by atoms with Crippen molar-refractivity contribution in [1.82, 2.24) is 5.32 Å². The van der Waals surface area contributed by atoms with Gasteiger partial charge < -0.3 is 5.32 Å². The summed E-state index contributed by atoms with van der Waals surface area (Å²) in [6.45, 7) is 0.733. The van der Waals surface area contributed by atoms with Crippen molar-refractivity contribution in [2.24, 2.45) is 0 Å². The minimum Gasteiger partial charge on any atom is -0.304 e. The Morgan fingerprint density at radius 1 is 1.38 bits per heavy atom. The van der Waals surface area contributed by atoms with Gasteiger partial charge in [0.05, 0.1) is 10.6 Å². The van der Waals surface area contributed by atoms with Crippen LogP contribution >= 0.6 is 12.6 Å². The number of benzene rings is 1. The Bertz CT molecular complexity index is 483. The fourth-order valence-corrected chi connectivity index (χ4v) is 3.70. The third-order valence-corrected chi connectivity index (χ3v) is 4.88. The molecule has 0 aromatic heterocycles. The molecule has 1 aliphatic heterocycles. The molecule has 0 radical (unpaired) electrons. The molecule has 0 saturated heterocycles. The predicted molar refractivity (Wildman–Crippen MR) is 67.5 cm³/mol. The maximum absolute atomic E-state index is 11.8. The average molecular weight is 257 g/mol. The van der Waals surface area contributed by atoms with Crippen molar-refractivity contribution in [2.75, 3.05) is 11.6 Å². The molecule has 5 heteroatoms. The van der Waals surface area contributed by atoms with E-state index in [2.05, 4.69) is 17.9 Å². The summed E-state index contributed by atoms with van der Waals surface area (Å²) < 4.78 is 23.5. The van der Waals surface area contributed by atoms with E-state index in [1.165, 1.54) is 0 Å². The molecule has 16 heavy (non-hydrogen) atoms. The Morgan fingerprint density at radius 2 is 2.19 bits per heavy atom. The lowest BCUT2D eigenvalue weighted by Crippen LogP contribution is -2.17. The Morgan fingerprint density at radius 3 is 2.94 bits per heavy atom. The van der Waals surface area contributed by atoms with Crippen LogP contribution in [-0.4, -0.2) is 20.0 Å². The summed E-state index contributed by atoms with van der Waals surface area (Å²) in [5, 5.41) is 3.11. The van der Waals surface area contributed by atoms with Crippen LogP contribution in [0.5, 0.6) is 0 Å². The summed E-state index contributed by atoms with van der Waals surface area (Å²) in [5.41, 5.74) is 2.08. The SMILES string of the molecule is O=S1(=O)CCCc2cc(CNCS)ccc21. The van der Waals surface area contributed by atoms with E-state index < -0.39 is 9.84 Å². The van der Waals surface area contributed by atoms with Crippen LogP contribution in [0, 0.1) is 0 Å². The molecule has 0 amide bonds. The van der Waals surface area contributed by atoms with Crippen molar-refractivity contribution in [2.45, 2.75) is 24.3 Å². The van der Waals surface area contributed by atoms with E-state index in [0.29, 0.717) is 10.8 Å². The summed E-state index contributed by atoms with van der Waals surface area (Å²) in [6, 6.07) is 5.60. The topological polar surface area (TPSA) is 46.2 Å². The Hall–Kier alpha value is -0.520. The average Bonchev–Trinajstić information content (AvgIpc) is 2.25. The molecule has 0 bridgehead atoms. The van der Waals surface area contributed by atoms with Gasteiger partial charge in [0.1, 0.15) is 0 Å². The molecule has 0 atom stereocenters. The molecule has 0 unspecified atom stereocenters. The van der Waals surface area contributed by atoms with Gasteiger partial charge in [-0.15, -0.1) is 0 Å². The predicted octanol–water partition coefficient (Wildman–Crippen LogP) is 1.38. The maximum atomic E-state index is 11.8.